The molecule has 1 N–H and O–H groups in total. The predicted molar refractivity (Wildman–Crippen MR) is 67.3 cm³/mol. The highest BCUT2D eigenvalue weighted by Gasteiger charge is 2.20. The first-order valence-electron chi connectivity index (χ1n) is 5.17. The first kappa shape index (κ1) is 13.6. The fourth-order valence-corrected chi connectivity index (χ4v) is 2.95. The van der Waals surface area contributed by atoms with Crippen molar-refractivity contribution >= 4 is 21.2 Å². The van der Waals surface area contributed by atoms with Crippen molar-refractivity contribution < 1.29 is 8.42 Å². The summed E-state index contributed by atoms with van der Waals surface area (Å²) in [6, 6.07) is 0.400. The second-order valence-electron chi connectivity index (χ2n) is 4.18. The molecular weight excluding hydrogens is 244 g/mol. The Morgan fingerprint density at radius 3 is 2.56 bits per heavy atom. The van der Waals surface area contributed by atoms with Crippen molar-refractivity contribution in [2.45, 2.75) is 38.6 Å². The number of hydrogen-bond donors (Lipinski definition) is 1. The van der Waals surface area contributed by atoms with Gasteiger partial charge in [0.1, 0.15) is 10.3 Å². The standard InChI is InChI=1S/C10H18N2O2S2/c1-7(2)11-5-9-6-15-10(12-9)8(3)16(4,13)14/h6-8,11H,5H2,1-4H3. The maximum Gasteiger partial charge on any atom is 0.156 e. The number of aromatic nitrogens is 1. The summed E-state index contributed by atoms with van der Waals surface area (Å²) >= 11 is 1.41. The zero-order valence-electron chi connectivity index (χ0n) is 10.0. The van der Waals surface area contributed by atoms with Gasteiger partial charge in [0, 0.05) is 24.2 Å². The molecule has 0 fully saturated rings. The highest BCUT2D eigenvalue weighted by Crippen LogP contribution is 2.24. The quantitative estimate of drug-likeness (QED) is 0.878. The lowest BCUT2D eigenvalue weighted by molar-refractivity contribution is 0.580. The van der Waals surface area contributed by atoms with Crippen molar-refractivity contribution in [3.05, 3.63) is 16.1 Å². The second-order valence-corrected chi connectivity index (χ2v) is 7.44. The molecule has 0 saturated carbocycles. The number of thiazole rings is 1. The number of sulfone groups is 1. The van der Waals surface area contributed by atoms with Gasteiger partial charge < -0.3 is 5.32 Å². The van der Waals surface area contributed by atoms with Crippen molar-refractivity contribution in [3.63, 3.8) is 0 Å². The van der Waals surface area contributed by atoms with E-state index in [4.69, 9.17) is 0 Å². The van der Waals surface area contributed by atoms with Crippen LogP contribution in [0, 0.1) is 0 Å². The number of nitrogens with zero attached hydrogens (tertiary/aromatic N) is 1. The van der Waals surface area contributed by atoms with E-state index >= 15 is 0 Å². The van der Waals surface area contributed by atoms with Gasteiger partial charge in [-0.15, -0.1) is 11.3 Å². The van der Waals surface area contributed by atoms with Crippen LogP contribution in [0.3, 0.4) is 0 Å². The SMILES string of the molecule is CC(C)NCc1csc(C(C)S(C)(=O)=O)n1. The van der Waals surface area contributed by atoms with E-state index in [-0.39, 0.29) is 0 Å². The molecular formula is C10H18N2O2S2. The van der Waals surface area contributed by atoms with E-state index in [2.05, 4.69) is 24.1 Å². The minimum absolute atomic E-state index is 0.400. The van der Waals surface area contributed by atoms with Gasteiger partial charge in [0.2, 0.25) is 0 Å². The van der Waals surface area contributed by atoms with Gasteiger partial charge in [0.05, 0.1) is 5.69 Å². The lowest BCUT2D eigenvalue weighted by atomic mass is 10.3. The summed E-state index contributed by atoms with van der Waals surface area (Å²) in [5, 5.41) is 5.32. The molecule has 1 rings (SSSR count). The molecule has 1 aromatic rings. The molecule has 0 radical (unpaired) electrons. The smallest absolute Gasteiger partial charge is 0.156 e. The Hall–Kier alpha value is -0.460. The number of hydrogen-bond acceptors (Lipinski definition) is 5. The molecule has 1 atom stereocenters. The molecule has 0 aliphatic carbocycles. The molecule has 16 heavy (non-hydrogen) atoms. The van der Waals surface area contributed by atoms with E-state index in [0.717, 1.165) is 5.69 Å². The number of nitrogens with one attached hydrogen (secondary N) is 1. The van der Waals surface area contributed by atoms with E-state index in [1.807, 2.05) is 5.38 Å². The molecule has 1 heterocycles. The van der Waals surface area contributed by atoms with Gasteiger partial charge in [-0.3, -0.25) is 0 Å². The summed E-state index contributed by atoms with van der Waals surface area (Å²) in [5.41, 5.74) is 0.907. The fraction of sp³-hybridized carbons (Fsp3) is 0.700. The van der Waals surface area contributed by atoms with E-state index in [1.54, 1.807) is 6.92 Å². The van der Waals surface area contributed by atoms with Crippen LogP contribution in [0.1, 0.15) is 36.7 Å². The molecule has 0 amide bonds. The van der Waals surface area contributed by atoms with Gasteiger partial charge in [-0.25, -0.2) is 13.4 Å². The highest BCUT2D eigenvalue weighted by atomic mass is 32.2. The van der Waals surface area contributed by atoms with Crippen LogP contribution >= 0.6 is 11.3 Å². The maximum atomic E-state index is 11.4. The van der Waals surface area contributed by atoms with Crippen molar-refractivity contribution in [1.82, 2.24) is 10.3 Å². The number of rotatable bonds is 5. The second kappa shape index (κ2) is 5.25. The third kappa shape index (κ3) is 3.84. The van der Waals surface area contributed by atoms with Crippen LogP contribution < -0.4 is 5.32 Å². The Kier molecular flexibility index (Phi) is 4.46. The summed E-state index contributed by atoms with van der Waals surface area (Å²) in [4.78, 5) is 4.33. The molecule has 1 unspecified atom stereocenters. The first-order chi connectivity index (χ1) is 7.30. The molecule has 0 aliphatic rings. The summed E-state index contributed by atoms with van der Waals surface area (Å²) in [7, 11) is -3.05. The average Bonchev–Trinajstić information content (AvgIpc) is 2.60. The molecule has 92 valence electrons. The zero-order valence-corrected chi connectivity index (χ0v) is 11.7. The molecule has 1 aromatic heterocycles. The molecule has 0 spiro atoms. The molecule has 0 aromatic carbocycles. The largest absolute Gasteiger partial charge is 0.309 e. The Morgan fingerprint density at radius 1 is 1.44 bits per heavy atom. The van der Waals surface area contributed by atoms with Gasteiger partial charge in [-0.05, 0) is 6.92 Å². The lowest BCUT2D eigenvalue weighted by Crippen LogP contribution is -2.22. The minimum Gasteiger partial charge on any atom is -0.309 e. The van der Waals surface area contributed by atoms with Crippen LogP contribution in [-0.2, 0) is 16.4 Å². The monoisotopic (exact) mass is 262 g/mol. The van der Waals surface area contributed by atoms with Crippen LogP contribution in [0.5, 0.6) is 0 Å². The lowest BCUT2D eigenvalue weighted by Gasteiger charge is -2.06. The van der Waals surface area contributed by atoms with Crippen LogP contribution in [0.2, 0.25) is 0 Å². The molecule has 0 bridgehead atoms. The van der Waals surface area contributed by atoms with E-state index in [1.165, 1.54) is 17.6 Å². The van der Waals surface area contributed by atoms with Gasteiger partial charge >= 0.3 is 0 Å². The van der Waals surface area contributed by atoms with Crippen LogP contribution in [-0.4, -0.2) is 25.7 Å². The van der Waals surface area contributed by atoms with Crippen molar-refractivity contribution in [1.29, 1.82) is 0 Å². The topological polar surface area (TPSA) is 59.1 Å². The fourth-order valence-electron chi connectivity index (χ4n) is 1.08. The minimum atomic E-state index is -3.05. The Balaban J connectivity index is 2.72. The van der Waals surface area contributed by atoms with Gasteiger partial charge in [-0.1, -0.05) is 13.8 Å². The van der Waals surface area contributed by atoms with Gasteiger partial charge in [-0.2, -0.15) is 0 Å². The highest BCUT2D eigenvalue weighted by molar-refractivity contribution is 7.91. The molecule has 0 aliphatic heterocycles. The van der Waals surface area contributed by atoms with Crippen LogP contribution in [0.15, 0.2) is 5.38 Å². The van der Waals surface area contributed by atoms with E-state index in [0.29, 0.717) is 17.6 Å². The molecule has 0 saturated heterocycles. The predicted octanol–water partition coefficient (Wildman–Crippen LogP) is 1.75. The summed E-state index contributed by atoms with van der Waals surface area (Å²) in [6.07, 6.45) is 1.24. The summed E-state index contributed by atoms with van der Waals surface area (Å²) in [5.74, 6) is 0. The van der Waals surface area contributed by atoms with Crippen molar-refractivity contribution in [2.24, 2.45) is 0 Å². The molecule has 4 nitrogen and oxygen atoms in total. The Labute approximate surface area is 101 Å². The third-order valence-electron chi connectivity index (χ3n) is 2.25. The van der Waals surface area contributed by atoms with Crippen molar-refractivity contribution in [2.75, 3.05) is 6.26 Å². The van der Waals surface area contributed by atoms with Gasteiger partial charge in [0.25, 0.3) is 0 Å². The van der Waals surface area contributed by atoms with E-state index in [9.17, 15) is 8.42 Å². The first-order valence-corrected chi connectivity index (χ1v) is 8.00. The molecule has 6 heteroatoms. The third-order valence-corrected chi connectivity index (χ3v) is 4.98. The Bertz CT molecular complexity index is 437. The zero-order chi connectivity index (χ0) is 12.3. The van der Waals surface area contributed by atoms with Gasteiger partial charge in [0.15, 0.2) is 9.84 Å². The summed E-state index contributed by atoms with van der Waals surface area (Å²) in [6.45, 7) is 6.48. The summed E-state index contributed by atoms with van der Waals surface area (Å²) < 4.78 is 22.7. The van der Waals surface area contributed by atoms with Crippen LogP contribution in [0.25, 0.3) is 0 Å². The maximum absolute atomic E-state index is 11.4. The van der Waals surface area contributed by atoms with E-state index < -0.39 is 15.1 Å². The average molecular weight is 262 g/mol. The van der Waals surface area contributed by atoms with Crippen molar-refractivity contribution in [3.8, 4) is 0 Å². The normalized spacial score (nSPS) is 14.3. The van der Waals surface area contributed by atoms with Crippen LogP contribution in [0.4, 0.5) is 0 Å². The Morgan fingerprint density at radius 2 is 2.06 bits per heavy atom.